The zero-order chi connectivity index (χ0) is 22.4. The van der Waals surface area contributed by atoms with Crippen molar-refractivity contribution in [2.75, 3.05) is 4.90 Å². The summed E-state index contributed by atoms with van der Waals surface area (Å²) in [5.74, 6) is -0.524. The number of amides is 1. The molecule has 1 saturated heterocycles. The minimum atomic E-state index is -0.850. The van der Waals surface area contributed by atoms with Crippen molar-refractivity contribution in [1.82, 2.24) is 0 Å². The third kappa shape index (κ3) is 3.56. The van der Waals surface area contributed by atoms with Crippen LogP contribution in [0, 0.1) is 34.6 Å². The Kier molecular flexibility index (Phi) is 5.05. The Labute approximate surface area is 181 Å². The first-order valence-electron chi connectivity index (χ1n) is 10.2. The highest BCUT2D eigenvalue weighted by Crippen LogP contribution is 2.43. The van der Waals surface area contributed by atoms with Crippen LogP contribution in [0.2, 0.25) is 0 Å². The van der Waals surface area contributed by atoms with Crippen LogP contribution in [0.15, 0.2) is 58.5 Å². The lowest BCUT2D eigenvalue weighted by Gasteiger charge is -2.24. The van der Waals surface area contributed by atoms with E-state index in [1.807, 2.05) is 58.0 Å². The molecule has 1 atom stereocenters. The molecule has 31 heavy (non-hydrogen) atoms. The van der Waals surface area contributed by atoms with Gasteiger partial charge >= 0.3 is 0 Å². The number of Topliss-reactive ketones (excluding diaryl/α,β-unsaturated/α-hetero) is 1. The number of aryl methyl sites for hydroxylation is 5. The van der Waals surface area contributed by atoms with Crippen molar-refractivity contribution in [3.05, 3.63) is 93.4 Å². The number of carbonyl (C=O) groups is 2. The van der Waals surface area contributed by atoms with E-state index in [0.717, 1.165) is 22.3 Å². The Morgan fingerprint density at radius 1 is 0.871 bits per heavy atom. The normalized spacial score (nSPS) is 18.1. The first-order valence-corrected chi connectivity index (χ1v) is 10.2. The van der Waals surface area contributed by atoms with Crippen molar-refractivity contribution in [2.45, 2.75) is 40.7 Å². The van der Waals surface area contributed by atoms with Crippen LogP contribution in [0.3, 0.4) is 0 Å². The smallest absolute Gasteiger partial charge is 0.300 e. The lowest BCUT2D eigenvalue weighted by molar-refractivity contribution is -0.132. The summed E-state index contributed by atoms with van der Waals surface area (Å²) in [6.07, 6.45) is 0. The van der Waals surface area contributed by atoms with Crippen molar-refractivity contribution >= 4 is 23.1 Å². The maximum Gasteiger partial charge on any atom is 0.300 e. The molecule has 0 aliphatic carbocycles. The molecule has 0 bridgehead atoms. The van der Waals surface area contributed by atoms with E-state index in [1.54, 1.807) is 25.1 Å². The summed E-state index contributed by atoms with van der Waals surface area (Å²) in [4.78, 5) is 27.8. The van der Waals surface area contributed by atoms with Gasteiger partial charge in [0.1, 0.15) is 23.3 Å². The number of aliphatic hydroxyl groups is 1. The number of aliphatic hydroxyl groups excluding tert-OH is 1. The van der Waals surface area contributed by atoms with Gasteiger partial charge in [0.25, 0.3) is 11.7 Å². The zero-order valence-electron chi connectivity index (χ0n) is 18.3. The van der Waals surface area contributed by atoms with Gasteiger partial charge in [0.15, 0.2) is 0 Å². The maximum absolute atomic E-state index is 13.2. The number of benzene rings is 2. The number of hydrogen-bond acceptors (Lipinski definition) is 4. The minimum Gasteiger partial charge on any atom is -0.507 e. The molecule has 158 valence electrons. The van der Waals surface area contributed by atoms with Gasteiger partial charge in [-0.2, -0.15) is 0 Å². The van der Waals surface area contributed by atoms with Crippen LogP contribution in [0.4, 0.5) is 5.69 Å². The van der Waals surface area contributed by atoms with E-state index in [0.29, 0.717) is 22.8 Å². The highest BCUT2D eigenvalue weighted by molar-refractivity contribution is 6.51. The van der Waals surface area contributed by atoms with Gasteiger partial charge in [0.2, 0.25) is 0 Å². The van der Waals surface area contributed by atoms with Crippen molar-refractivity contribution in [3.63, 3.8) is 0 Å². The fourth-order valence-corrected chi connectivity index (χ4v) is 4.10. The molecule has 5 heteroatoms. The average Bonchev–Trinajstić information content (AvgIpc) is 3.24. The summed E-state index contributed by atoms with van der Waals surface area (Å²) >= 11 is 0. The van der Waals surface area contributed by atoms with Crippen LogP contribution in [-0.2, 0) is 9.59 Å². The number of ketones is 1. The van der Waals surface area contributed by atoms with E-state index in [1.165, 1.54) is 4.90 Å². The quantitative estimate of drug-likeness (QED) is 0.351. The summed E-state index contributed by atoms with van der Waals surface area (Å²) in [6.45, 7) is 9.59. The van der Waals surface area contributed by atoms with Crippen LogP contribution < -0.4 is 4.90 Å². The summed E-state index contributed by atoms with van der Waals surface area (Å²) in [5.41, 5.74) is 5.12. The Morgan fingerprint density at radius 2 is 1.55 bits per heavy atom. The summed E-state index contributed by atoms with van der Waals surface area (Å²) in [6, 6.07) is 13.9. The van der Waals surface area contributed by atoms with E-state index >= 15 is 0 Å². The predicted octanol–water partition coefficient (Wildman–Crippen LogP) is 5.45. The number of nitrogens with zero attached hydrogens (tertiary/aromatic N) is 1. The van der Waals surface area contributed by atoms with Crippen LogP contribution in [0.5, 0.6) is 0 Å². The van der Waals surface area contributed by atoms with Crippen molar-refractivity contribution in [2.24, 2.45) is 0 Å². The molecule has 2 heterocycles. The van der Waals surface area contributed by atoms with Gasteiger partial charge in [-0.25, -0.2) is 0 Å². The predicted molar refractivity (Wildman–Crippen MR) is 120 cm³/mol. The highest BCUT2D eigenvalue weighted by Gasteiger charge is 2.48. The number of anilines is 1. The Bertz CT molecular complexity index is 1230. The second kappa shape index (κ2) is 7.58. The number of rotatable bonds is 3. The summed E-state index contributed by atoms with van der Waals surface area (Å²) in [5, 5.41) is 11.2. The lowest BCUT2D eigenvalue weighted by Crippen LogP contribution is -2.29. The van der Waals surface area contributed by atoms with E-state index in [4.69, 9.17) is 4.42 Å². The fourth-order valence-electron chi connectivity index (χ4n) is 4.10. The second-order valence-corrected chi connectivity index (χ2v) is 8.26. The largest absolute Gasteiger partial charge is 0.507 e. The van der Waals surface area contributed by atoms with Gasteiger partial charge in [-0.15, -0.1) is 0 Å². The molecule has 1 N–H and O–H groups in total. The van der Waals surface area contributed by atoms with Gasteiger partial charge in [0.05, 0.1) is 5.57 Å². The third-order valence-corrected chi connectivity index (χ3v) is 5.74. The molecular weight excluding hydrogens is 390 g/mol. The SMILES string of the molecule is Cc1cc(C)cc(N2C(=O)C(=O)/C(=C(\O)c3ccc(C)c(C)c3)C2c2ccc(C)o2)c1. The first-order chi connectivity index (χ1) is 14.7. The minimum absolute atomic E-state index is 0.0294. The maximum atomic E-state index is 13.2. The molecular formula is C26H25NO4. The molecule has 1 amide bonds. The zero-order valence-corrected chi connectivity index (χ0v) is 18.3. The third-order valence-electron chi connectivity index (χ3n) is 5.74. The van der Waals surface area contributed by atoms with Crippen molar-refractivity contribution < 1.29 is 19.1 Å². The molecule has 0 spiro atoms. The molecule has 1 fully saturated rings. The van der Waals surface area contributed by atoms with Gasteiger partial charge in [0, 0.05) is 11.3 Å². The van der Waals surface area contributed by atoms with Crippen LogP contribution >= 0.6 is 0 Å². The molecule has 4 rings (SSSR count). The average molecular weight is 415 g/mol. The van der Waals surface area contributed by atoms with E-state index in [-0.39, 0.29) is 11.3 Å². The Hall–Kier alpha value is -3.60. The van der Waals surface area contributed by atoms with Gasteiger partial charge in [-0.3, -0.25) is 14.5 Å². The topological polar surface area (TPSA) is 70.8 Å². The van der Waals surface area contributed by atoms with Crippen molar-refractivity contribution in [3.8, 4) is 0 Å². The molecule has 1 aliphatic heterocycles. The van der Waals surface area contributed by atoms with E-state index < -0.39 is 17.7 Å². The molecule has 1 aromatic heterocycles. The molecule has 1 unspecified atom stereocenters. The van der Waals surface area contributed by atoms with Gasteiger partial charge < -0.3 is 9.52 Å². The van der Waals surface area contributed by atoms with E-state index in [9.17, 15) is 14.7 Å². The molecule has 0 radical (unpaired) electrons. The molecule has 5 nitrogen and oxygen atoms in total. The Morgan fingerprint density at radius 3 is 2.13 bits per heavy atom. The number of carbonyl (C=O) groups excluding carboxylic acids is 2. The molecule has 0 saturated carbocycles. The molecule has 2 aromatic carbocycles. The Balaban J connectivity index is 1.96. The highest BCUT2D eigenvalue weighted by atomic mass is 16.3. The summed E-state index contributed by atoms with van der Waals surface area (Å²) in [7, 11) is 0. The first kappa shape index (κ1) is 20.7. The van der Waals surface area contributed by atoms with Gasteiger partial charge in [-0.1, -0.05) is 18.2 Å². The monoisotopic (exact) mass is 415 g/mol. The van der Waals surface area contributed by atoms with Crippen molar-refractivity contribution in [1.29, 1.82) is 0 Å². The lowest BCUT2D eigenvalue weighted by atomic mass is 9.97. The number of hydrogen-bond donors (Lipinski definition) is 1. The van der Waals surface area contributed by atoms with Crippen LogP contribution in [0.25, 0.3) is 5.76 Å². The standard InChI is InChI=1S/C26H25NO4/c1-14-10-15(2)12-20(11-14)27-23(21-9-7-18(5)31-21)22(25(29)26(27)30)24(28)19-8-6-16(3)17(4)13-19/h6-13,23,28H,1-5H3/b24-22-. The molecule has 3 aromatic rings. The van der Waals surface area contributed by atoms with E-state index in [2.05, 4.69) is 0 Å². The fraction of sp³-hybridized carbons (Fsp3) is 0.231. The van der Waals surface area contributed by atoms with Crippen LogP contribution in [-0.4, -0.2) is 16.8 Å². The summed E-state index contributed by atoms with van der Waals surface area (Å²) < 4.78 is 5.84. The number of furan rings is 1. The molecule has 1 aliphatic rings. The second-order valence-electron chi connectivity index (χ2n) is 8.26. The van der Waals surface area contributed by atoms with Gasteiger partial charge in [-0.05, 0) is 87.2 Å². The van der Waals surface area contributed by atoms with Crippen LogP contribution in [0.1, 0.15) is 45.4 Å².